The predicted molar refractivity (Wildman–Crippen MR) is 93.1 cm³/mol. The zero-order chi connectivity index (χ0) is 17.5. The molecule has 0 saturated heterocycles. The van der Waals surface area contributed by atoms with Crippen molar-refractivity contribution in [2.24, 2.45) is 5.92 Å². The van der Waals surface area contributed by atoms with Crippen molar-refractivity contribution in [3.63, 3.8) is 0 Å². The Labute approximate surface area is 142 Å². The topological polar surface area (TPSA) is 70.3 Å². The van der Waals surface area contributed by atoms with Gasteiger partial charge in [0.2, 0.25) is 0 Å². The van der Waals surface area contributed by atoms with E-state index in [1.807, 2.05) is 6.07 Å². The summed E-state index contributed by atoms with van der Waals surface area (Å²) in [5.74, 6) is 0.235. The van der Waals surface area contributed by atoms with Crippen LogP contribution < -0.4 is 4.74 Å². The molecule has 0 fully saturated rings. The highest BCUT2D eigenvalue weighted by Crippen LogP contribution is 2.27. The van der Waals surface area contributed by atoms with Gasteiger partial charge < -0.3 is 9.84 Å². The fraction of sp³-hybridized carbons (Fsp3) is 0.300. The monoisotopic (exact) mass is 323 g/mol. The van der Waals surface area contributed by atoms with E-state index in [0.29, 0.717) is 23.8 Å². The van der Waals surface area contributed by atoms with E-state index in [9.17, 15) is 10.1 Å². The van der Waals surface area contributed by atoms with Crippen LogP contribution in [0.2, 0.25) is 0 Å². The third-order valence-corrected chi connectivity index (χ3v) is 4.13. The second kappa shape index (κ2) is 8.16. The molecule has 0 aliphatic rings. The zero-order valence-corrected chi connectivity index (χ0v) is 14.0. The van der Waals surface area contributed by atoms with Crippen LogP contribution in [0, 0.1) is 17.2 Å². The number of ether oxygens (including phenoxy) is 1. The number of rotatable bonds is 7. The summed E-state index contributed by atoms with van der Waals surface area (Å²) in [6.45, 7) is 4.92. The standard InChI is InChI=1S/C20H21NO3/c1-3-14(2)10-11-24-19-9-8-17(12-18(19)13-21)15-4-6-16(7-5-15)20(22)23/h4-9,12,14H,3,10-11H2,1-2H3,(H,22,23). The maximum Gasteiger partial charge on any atom is 0.335 e. The van der Waals surface area contributed by atoms with Crippen molar-refractivity contribution in [2.75, 3.05) is 6.61 Å². The number of carboxylic acid groups (broad SMARTS) is 1. The highest BCUT2D eigenvalue weighted by Gasteiger charge is 2.08. The highest BCUT2D eigenvalue weighted by molar-refractivity contribution is 5.88. The van der Waals surface area contributed by atoms with Gasteiger partial charge in [0, 0.05) is 0 Å². The summed E-state index contributed by atoms with van der Waals surface area (Å²) in [6.07, 6.45) is 2.07. The van der Waals surface area contributed by atoms with E-state index in [0.717, 1.165) is 24.0 Å². The van der Waals surface area contributed by atoms with Gasteiger partial charge in [-0.2, -0.15) is 5.26 Å². The lowest BCUT2D eigenvalue weighted by Crippen LogP contribution is -2.04. The van der Waals surface area contributed by atoms with Crippen molar-refractivity contribution in [2.45, 2.75) is 26.7 Å². The molecule has 4 nitrogen and oxygen atoms in total. The Morgan fingerprint density at radius 2 is 1.88 bits per heavy atom. The van der Waals surface area contributed by atoms with Crippen LogP contribution in [0.1, 0.15) is 42.6 Å². The lowest BCUT2D eigenvalue weighted by Gasteiger charge is -2.12. The molecule has 24 heavy (non-hydrogen) atoms. The summed E-state index contributed by atoms with van der Waals surface area (Å²) in [6, 6.07) is 14.2. The van der Waals surface area contributed by atoms with Crippen molar-refractivity contribution in [3.8, 4) is 22.9 Å². The lowest BCUT2D eigenvalue weighted by atomic mass is 10.0. The number of aromatic carboxylic acids is 1. The smallest absolute Gasteiger partial charge is 0.335 e. The molecule has 124 valence electrons. The van der Waals surface area contributed by atoms with Gasteiger partial charge in [0.05, 0.1) is 17.7 Å². The molecule has 0 spiro atoms. The summed E-state index contributed by atoms with van der Waals surface area (Å²) in [5, 5.41) is 18.3. The first-order chi connectivity index (χ1) is 11.5. The molecule has 4 heteroatoms. The number of hydrogen-bond donors (Lipinski definition) is 1. The Morgan fingerprint density at radius 3 is 2.46 bits per heavy atom. The minimum Gasteiger partial charge on any atom is -0.492 e. The summed E-state index contributed by atoms with van der Waals surface area (Å²) < 4.78 is 5.74. The molecule has 0 heterocycles. The molecule has 0 radical (unpaired) electrons. The largest absolute Gasteiger partial charge is 0.492 e. The van der Waals surface area contributed by atoms with E-state index >= 15 is 0 Å². The van der Waals surface area contributed by atoms with Gasteiger partial charge in [-0.05, 0) is 47.7 Å². The third kappa shape index (κ3) is 4.36. The molecule has 0 saturated carbocycles. The summed E-state index contributed by atoms with van der Waals surface area (Å²) in [7, 11) is 0. The molecule has 0 aliphatic carbocycles. The highest BCUT2D eigenvalue weighted by atomic mass is 16.5. The van der Waals surface area contributed by atoms with Crippen molar-refractivity contribution in [3.05, 3.63) is 53.6 Å². The minimum absolute atomic E-state index is 0.240. The van der Waals surface area contributed by atoms with Crippen LogP contribution in [-0.2, 0) is 0 Å². The fourth-order valence-corrected chi connectivity index (χ4v) is 2.30. The van der Waals surface area contributed by atoms with Gasteiger partial charge in [0.25, 0.3) is 0 Å². The number of carbonyl (C=O) groups is 1. The van der Waals surface area contributed by atoms with Crippen LogP contribution in [0.25, 0.3) is 11.1 Å². The molecule has 2 rings (SSSR count). The number of benzene rings is 2. The molecule has 1 unspecified atom stereocenters. The van der Waals surface area contributed by atoms with E-state index in [4.69, 9.17) is 9.84 Å². The van der Waals surface area contributed by atoms with Crippen LogP contribution in [0.15, 0.2) is 42.5 Å². The van der Waals surface area contributed by atoms with Gasteiger partial charge in [0.1, 0.15) is 11.8 Å². The van der Waals surface area contributed by atoms with Gasteiger partial charge in [-0.15, -0.1) is 0 Å². The molecule has 0 bridgehead atoms. The average Bonchev–Trinajstić information content (AvgIpc) is 2.61. The first-order valence-corrected chi connectivity index (χ1v) is 8.05. The van der Waals surface area contributed by atoms with Crippen LogP contribution in [-0.4, -0.2) is 17.7 Å². The first kappa shape index (κ1) is 17.6. The summed E-state index contributed by atoms with van der Waals surface area (Å²) in [5.41, 5.74) is 2.45. The van der Waals surface area contributed by atoms with Gasteiger partial charge in [-0.25, -0.2) is 4.79 Å². The molecule has 0 aliphatic heterocycles. The SMILES string of the molecule is CCC(C)CCOc1ccc(-c2ccc(C(=O)O)cc2)cc1C#N. The molecule has 1 N–H and O–H groups in total. The Morgan fingerprint density at radius 1 is 1.21 bits per heavy atom. The Hall–Kier alpha value is -2.80. The van der Waals surface area contributed by atoms with Crippen molar-refractivity contribution < 1.29 is 14.6 Å². The molecular formula is C20H21NO3. The quantitative estimate of drug-likeness (QED) is 0.799. The molecule has 0 aromatic heterocycles. The van der Waals surface area contributed by atoms with Crippen LogP contribution >= 0.6 is 0 Å². The third-order valence-electron chi connectivity index (χ3n) is 4.13. The van der Waals surface area contributed by atoms with E-state index in [1.54, 1.807) is 36.4 Å². The second-order valence-corrected chi connectivity index (χ2v) is 5.86. The maximum atomic E-state index is 10.9. The van der Waals surface area contributed by atoms with Crippen molar-refractivity contribution in [1.82, 2.24) is 0 Å². The van der Waals surface area contributed by atoms with Gasteiger partial charge in [0.15, 0.2) is 0 Å². The first-order valence-electron chi connectivity index (χ1n) is 8.05. The van der Waals surface area contributed by atoms with Crippen LogP contribution in [0.5, 0.6) is 5.75 Å². The van der Waals surface area contributed by atoms with E-state index in [2.05, 4.69) is 19.9 Å². The van der Waals surface area contributed by atoms with Crippen LogP contribution in [0.4, 0.5) is 0 Å². The molecular weight excluding hydrogens is 302 g/mol. The maximum absolute atomic E-state index is 10.9. The summed E-state index contributed by atoms with van der Waals surface area (Å²) in [4.78, 5) is 10.9. The van der Waals surface area contributed by atoms with Gasteiger partial charge in [-0.3, -0.25) is 0 Å². The Kier molecular flexibility index (Phi) is 5.97. The number of hydrogen-bond acceptors (Lipinski definition) is 3. The van der Waals surface area contributed by atoms with Crippen LogP contribution in [0.3, 0.4) is 0 Å². The number of nitriles is 1. The Bertz CT molecular complexity index is 744. The van der Waals surface area contributed by atoms with E-state index < -0.39 is 5.97 Å². The number of nitrogens with zero attached hydrogens (tertiary/aromatic N) is 1. The Balaban J connectivity index is 2.16. The molecule has 2 aromatic carbocycles. The fourth-order valence-electron chi connectivity index (χ4n) is 2.30. The minimum atomic E-state index is -0.954. The van der Waals surface area contributed by atoms with Crippen molar-refractivity contribution >= 4 is 5.97 Å². The van der Waals surface area contributed by atoms with Crippen molar-refractivity contribution in [1.29, 1.82) is 5.26 Å². The lowest BCUT2D eigenvalue weighted by molar-refractivity contribution is 0.0697. The van der Waals surface area contributed by atoms with Gasteiger partial charge in [-0.1, -0.05) is 38.5 Å². The van der Waals surface area contributed by atoms with Gasteiger partial charge >= 0.3 is 5.97 Å². The zero-order valence-electron chi connectivity index (χ0n) is 14.0. The number of carboxylic acids is 1. The normalized spacial score (nSPS) is 11.5. The predicted octanol–water partition coefficient (Wildman–Crippen LogP) is 4.74. The summed E-state index contributed by atoms with van der Waals surface area (Å²) >= 11 is 0. The molecule has 0 amide bonds. The second-order valence-electron chi connectivity index (χ2n) is 5.86. The average molecular weight is 323 g/mol. The van der Waals surface area contributed by atoms with E-state index in [1.165, 1.54) is 0 Å². The van der Waals surface area contributed by atoms with E-state index in [-0.39, 0.29) is 5.56 Å². The molecule has 2 aromatic rings. The molecule has 1 atom stereocenters.